The van der Waals surface area contributed by atoms with Gasteiger partial charge in [-0.3, -0.25) is 4.79 Å². The number of carbonyl (C=O) groups excluding carboxylic acids is 1. The summed E-state index contributed by atoms with van der Waals surface area (Å²) in [4.78, 5) is 19.3. The van der Waals surface area contributed by atoms with Gasteiger partial charge in [-0.1, -0.05) is 30.3 Å². The summed E-state index contributed by atoms with van der Waals surface area (Å²) in [6.45, 7) is 0.738. The van der Waals surface area contributed by atoms with Crippen molar-refractivity contribution in [1.29, 1.82) is 0 Å². The lowest BCUT2D eigenvalue weighted by Crippen LogP contribution is -2.29. The number of aromatic hydroxyl groups is 1. The van der Waals surface area contributed by atoms with Gasteiger partial charge < -0.3 is 14.4 Å². The average molecular weight is 421 g/mol. The molecule has 0 bridgehead atoms. The molecule has 0 aliphatic heterocycles. The number of para-hydroxylation sites is 2. The summed E-state index contributed by atoms with van der Waals surface area (Å²) in [5.41, 5.74) is 1.77. The highest BCUT2D eigenvalue weighted by molar-refractivity contribution is 7.18. The second kappa shape index (κ2) is 9.59. The van der Waals surface area contributed by atoms with E-state index in [4.69, 9.17) is 4.42 Å². The molecule has 0 spiro atoms. The first-order valence-electron chi connectivity index (χ1n) is 10.1. The smallest absolute Gasteiger partial charge is 0.223 e. The normalized spacial score (nSPS) is 11.1. The monoisotopic (exact) mass is 420 g/mol. The van der Waals surface area contributed by atoms with E-state index in [2.05, 4.69) is 11.1 Å². The highest BCUT2D eigenvalue weighted by atomic mass is 32.1. The zero-order chi connectivity index (χ0) is 20.8. The van der Waals surface area contributed by atoms with Gasteiger partial charge >= 0.3 is 0 Å². The molecule has 4 aromatic rings. The van der Waals surface area contributed by atoms with Crippen molar-refractivity contribution in [3.05, 3.63) is 83.3 Å². The van der Waals surface area contributed by atoms with E-state index in [1.165, 1.54) is 4.70 Å². The minimum atomic E-state index is 0.0546. The number of furan rings is 1. The van der Waals surface area contributed by atoms with Crippen molar-refractivity contribution in [3.8, 4) is 5.75 Å². The maximum atomic E-state index is 12.9. The Kier molecular flexibility index (Phi) is 6.44. The Morgan fingerprint density at radius 2 is 1.83 bits per heavy atom. The maximum absolute atomic E-state index is 12.9. The van der Waals surface area contributed by atoms with Gasteiger partial charge in [-0.15, -0.1) is 11.3 Å². The molecule has 2 aromatic heterocycles. The number of hydrogen-bond acceptors (Lipinski definition) is 5. The molecule has 0 saturated heterocycles. The van der Waals surface area contributed by atoms with Crippen molar-refractivity contribution in [2.75, 3.05) is 0 Å². The van der Waals surface area contributed by atoms with E-state index < -0.39 is 0 Å². The second-order valence-corrected chi connectivity index (χ2v) is 8.36. The van der Waals surface area contributed by atoms with Crippen LogP contribution in [0.15, 0.2) is 71.3 Å². The Balaban J connectivity index is 1.34. The van der Waals surface area contributed by atoms with Gasteiger partial charge in [0, 0.05) is 18.5 Å². The number of carbonyl (C=O) groups is 1. The quantitative estimate of drug-likeness (QED) is 0.361. The van der Waals surface area contributed by atoms with Crippen molar-refractivity contribution in [2.24, 2.45) is 0 Å². The maximum Gasteiger partial charge on any atom is 0.223 e. The molecule has 0 aliphatic rings. The number of unbranched alkanes of at least 4 members (excludes halogenated alkanes) is 1. The Morgan fingerprint density at radius 1 is 1.00 bits per heavy atom. The van der Waals surface area contributed by atoms with E-state index in [0.717, 1.165) is 41.1 Å². The van der Waals surface area contributed by atoms with Crippen LogP contribution in [0.2, 0.25) is 0 Å². The van der Waals surface area contributed by atoms with Gasteiger partial charge in [0.1, 0.15) is 11.5 Å². The number of hydrogen-bond donors (Lipinski definition) is 1. The van der Waals surface area contributed by atoms with E-state index in [0.29, 0.717) is 19.5 Å². The van der Waals surface area contributed by atoms with Crippen LogP contribution < -0.4 is 0 Å². The first-order valence-corrected chi connectivity index (χ1v) is 10.9. The van der Waals surface area contributed by atoms with Crippen LogP contribution in [0.3, 0.4) is 0 Å². The highest BCUT2D eigenvalue weighted by Crippen LogP contribution is 2.24. The molecule has 154 valence electrons. The van der Waals surface area contributed by atoms with Crippen molar-refractivity contribution >= 4 is 27.5 Å². The average Bonchev–Trinajstić information content (AvgIpc) is 3.41. The molecular weight excluding hydrogens is 396 g/mol. The lowest BCUT2D eigenvalue weighted by atomic mass is 10.1. The van der Waals surface area contributed by atoms with Gasteiger partial charge in [0.2, 0.25) is 5.91 Å². The third-order valence-corrected chi connectivity index (χ3v) is 6.10. The van der Waals surface area contributed by atoms with Gasteiger partial charge in [0.15, 0.2) is 0 Å². The summed E-state index contributed by atoms with van der Waals surface area (Å²) >= 11 is 1.72. The number of rotatable bonds is 9. The molecule has 2 heterocycles. The first-order chi connectivity index (χ1) is 14.7. The first kappa shape index (κ1) is 20.2. The fourth-order valence-corrected chi connectivity index (χ4v) is 4.42. The van der Waals surface area contributed by atoms with Gasteiger partial charge in [0.25, 0.3) is 0 Å². The number of aryl methyl sites for hydroxylation is 1. The molecule has 0 saturated carbocycles. The van der Waals surface area contributed by atoms with Gasteiger partial charge in [-0.05, 0) is 49.6 Å². The topological polar surface area (TPSA) is 66.6 Å². The number of phenolic OH excluding ortho intramolecular Hbond substituents is 1. The summed E-state index contributed by atoms with van der Waals surface area (Å²) < 4.78 is 6.64. The van der Waals surface area contributed by atoms with Crippen molar-refractivity contribution in [1.82, 2.24) is 9.88 Å². The Hall–Kier alpha value is -3.12. The van der Waals surface area contributed by atoms with Crippen molar-refractivity contribution in [3.63, 3.8) is 0 Å². The third kappa shape index (κ3) is 5.07. The zero-order valence-corrected chi connectivity index (χ0v) is 17.5. The third-order valence-electron chi connectivity index (χ3n) is 5.00. The Labute approximate surface area is 179 Å². The number of thiazole rings is 1. The fourth-order valence-electron chi connectivity index (χ4n) is 3.41. The van der Waals surface area contributed by atoms with Gasteiger partial charge in [0.05, 0.1) is 28.0 Å². The predicted octanol–water partition coefficient (Wildman–Crippen LogP) is 5.54. The van der Waals surface area contributed by atoms with E-state index in [-0.39, 0.29) is 11.7 Å². The number of aromatic nitrogens is 1. The van der Waals surface area contributed by atoms with Gasteiger partial charge in [-0.25, -0.2) is 4.98 Å². The van der Waals surface area contributed by atoms with Crippen LogP contribution in [0, 0.1) is 0 Å². The molecule has 0 unspecified atom stereocenters. The second-order valence-electron chi connectivity index (χ2n) is 7.24. The van der Waals surface area contributed by atoms with E-state index in [1.54, 1.807) is 34.6 Å². The standard InChI is InChI=1S/C24H24N2O3S/c27-21-11-3-1-8-18(21)16-26(17-19-9-7-15-29-19)24(28)14-6-5-13-23-25-20-10-2-4-12-22(20)30-23/h1-4,7-12,15,27H,5-6,13-14,16-17H2. The summed E-state index contributed by atoms with van der Waals surface area (Å²) in [7, 11) is 0. The van der Waals surface area contributed by atoms with Crippen LogP contribution in [0.25, 0.3) is 10.2 Å². The molecule has 0 fully saturated rings. The molecule has 0 aliphatic carbocycles. The van der Waals surface area contributed by atoms with Crippen molar-refractivity contribution in [2.45, 2.75) is 38.8 Å². The number of nitrogens with zero attached hydrogens (tertiary/aromatic N) is 2. The minimum Gasteiger partial charge on any atom is -0.508 e. The summed E-state index contributed by atoms with van der Waals surface area (Å²) in [6, 6.07) is 18.9. The summed E-state index contributed by atoms with van der Waals surface area (Å²) in [5, 5.41) is 11.2. The predicted molar refractivity (Wildman–Crippen MR) is 118 cm³/mol. The number of benzene rings is 2. The molecule has 1 N–H and O–H groups in total. The van der Waals surface area contributed by atoms with Crippen LogP contribution in [0.1, 0.15) is 35.6 Å². The molecule has 1 amide bonds. The van der Waals surface area contributed by atoms with E-state index in [9.17, 15) is 9.90 Å². The lowest BCUT2D eigenvalue weighted by Gasteiger charge is -2.22. The van der Waals surface area contributed by atoms with Crippen LogP contribution in [0.4, 0.5) is 0 Å². The van der Waals surface area contributed by atoms with Crippen LogP contribution in [0.5, 0.6) is 5.75 Å². The molecule has 6 heteroatoms. The molecular formula is C24H24N2O3S. The SMILES string of the molecule is O=C(CCCCc1nc2ccccc2s1)N(Cc1ccco1)Cc1ccccc1O. The molecule has 2 aromatic carbocycles. The van der Waals surface area contributed by atoms with Crippen LogP contribution in [-0.4, -0.2) is 20.9 Å². The van der Waals surface area contributed by atoms with Gasteiger partial charge in [-0.2, -0.15) is 0 Å². The van der Waals surface area contributed by atoms with Crippen LogP contribution in [-0.2, 0) is 24.3 Å². The summed E-state index contributed by atoms with van der Waals surface area (Å²) in [5.74, 6) is 0.984. The van der Waals surface area contributed by atoms with Crippen LogP contribution >= 0.6 is 11.3 Å². The van der Waals surface area contributed by atoms with E-state index >= 15 is 0 Å². The number of amides is 1. The molecule has 0 radical (unpaired) electrons. The van der Waals surface area contributed by atoms with Crippen molar-refractivity contribution < 1.29 is 14.3 Å². The summed E-state index contributed by atoms with van der Waals surface area (Å²) in [6.07, 6.45) is 4.65. The Bertz CT molecular complexity index is 1070. The molecule has 4 rings (SSSR count). The highest BCUT2D eigenvalue weighted by Gasteiger charge is 2.17. The molecule has 0 atom stereocenters. The lowest BCUT2D eigenvalue weighted by molar-refractivity contribution is -0.132. The fraction of sp³-hybridized carbons (Fsp3) is 0.250. The number of fused-ring (bicyclic) bond motifs is 1. The number of phenols is 1. The molecule has 5 nitrogen and oxygen atoms in total. The minimum absolute atomic E-state index is 0.0546. The Morgan fingerprint density at radius 3 is 2.63 bits per heavy atom. The zero-order valence-electron chi connectivity index (χ0n) is 16.7. The molecule has 30 heavy (non-hydrogen) atoms. The largest absolute Gasteiger partial charge is 0.508 e. The van der Waals surface area contributed by atoms with E-state index in [1.807, 2.05) is 42.5 Å².